The molecule has 0 saturated heterocycles. The van der Waals surface area contributed by atoms with Gasteiger partial charge in [0.05, 0.1) is 5.69 Å². The first kappa shape index (κ1) is 15.5. The molecule has 1 unspecified atom stereocenters. The van der Waals surface area contributed by atoms with E-state index in [2.05, 4.69) is 20.8 Å². The Bertz CT molecular complexity index is 579. The minimum Gasteiger partial charge on any atom is -0.306 e. The average Bonchev–Trinajstić information content (AvgIpc) is 2.66. The van der Waals surface area contributed by atoms with Gasteiger partial charge in [0.25, 0.3) is 5.91 Å². The highest BCUT2D eigenvalue weighted by atomic mass is 19.1. The SMILES string of the molecule is CC1(F)C(=O)N(C2CCC(C(C)(C)C)CC2)c2ccccc21. The van der Waals surface area contributed by atoms with Crippen LogP contribution in [0.5, 0.6) is 0 Å². The van der Waals surface area contributed by atoms with Gasteiger partial charge in [-0.3, -0.25) is 4.79 Å². The van der Waals surface area contributed by atoms with Crippen molar-refractivity contribution in [3.05, 3.63) is 29.8 Å². The molecule has 0 aromatic heterocycles. The average molecular weight is 303 g/mol. The van der Waals surface area contributed by atoms with E-state index in [-0.39, 0.29) is 11.9 Å². The quantitative estimate of drug-likeness (QED) is 0.728. The smallest absolute Gasteiger partial charge is 0.269 e. The maximum absolute atomic E-state index is 14.9. The molecule has 1 aromatic carbocycles. The van der Waals surface area contributed by atoms with Gasteiger partial charge < -0.3 is 4.90 Å². The van der Waals surface area contributed by atoms with Crippen LogP contribution in [0, 0.1) is 11.3 Å². The van der Waals surface area contributed by atoms with Gasteiger partial charge in [-0.25, -0.2) is 4.39 Å². The van der Waals surface area contributed by atoms with Crippen LogP contribution < -0.4 is 4.90 Å². The lowest BCUT2D eigenvalue weighted by Gasteiger charge is -2.40. The topological polar surface area (TPSA) is 20.3 Å². The van der Waals surface area contributed by atoms with Crippen molar-refractivity contribution in [1.29, 1.82) is 0 Å². The summed E-state index contributed by atoms with van der Waals surface area (Å²) in [7, 11) is 0. The minimum absolute atomic E-state index is 0.143. The number of fused-ring (bicyclic) bond motifs is 1. The van der Waals surface area contributed by atoms with Gasteiger partial charge in [0.1, 0.15) is 0 Å². The highest BCUT2D eigenvalue weighted by Crippen LogP contribution is 2.47. The third-order valence-electron chi connectivity index (χ3n) is 5.58. The second-order valence-electron chi connectivity index (χ2n) is 8.07. The van der Waals surface area contributed by atoms with Crippen LogP contribution in [-0.4, -0.2) is 11.9 Å². The molecule has 2 aliphatic rings. The molecule has 120 valence electrons. The lowest BCUT2D eigenvalue weighted by molar-refractivity contribution is -0.128. The summed E-state index contributed by atoms with van der Waals surface area (Å²) in [5.74, 6) is 0.307. The number of carbonyl (C=O) groups is 1. The molecule has 1 saturated carbocycles. The Morgan fingerprint density at radius 2 is 1.73 bits per heavy atom. The van der Waals surface area contributed by atoms with Crippen molar-refractivity contribution in [3.63, 3.8) is 0 Å². The van der Waals surface area contributed by atoms with E-state index >= 15 is 0 Å². The maximum Gasteiger partial charge on any atom is 0.269 e. The molecule has 1 fully saturated rings. The molecule has 1 aliphatic carbocycles. The summed E-state index contributed by atoms with van der Waals surface area (Å²) >= 11 is 0. The number of halogens is 1. The van der Waals surface area contributed by atoms with Gasteiger partial charge in [0.15, 0.2) is 0 Å². The number of alkyl halides is 1. The molecule has 1 aromatic rings. The van der Waals surface area contributed by atoms with Gasteiger partial charge in [-0.05, 0) is 50.0 Å². The van der Waals surface area contributed by atoms with Crippen molar-refractivity contribution < 1.29 is 9.18 Å². The van der Waals surface area contributed by atoms with E-state index in [1.165, 1.54) is 6.92 Å². The molecule has 0 radical (unpaired) electrons. The summed E-state index contributed by atoms with van der Waals surface area (Å²) in [5, 5.41) is 0. The van der Waals surface area contributed by atoms with Crippen molar-refractivity contribution in [1.82, 2.24) is 0 Å². The predicted molar refractivity (Wildman–Crippen MR) is 87.6 cm³/mol. The summed E-state index contributed by atoms with van der Waals surface area (Å²) < 4.78 is 14.9. The largest absolute Gasteiger partial charge is 0.306 e. The Hall–Kier alpha value is -1.38. The summed E-state index contributed by atoms with van der Waals surface area (Å²) in [5.41, 5.74) is -0.265. The molecule has 1 heterocycles. The summed E-state index contributed by atoms with van der Waals surface area (Å²) in [6.45, 7) is 8.25. The van der Waals surface area contributed by atoms with Gasteiger partial charge in [-0.15, -0.1) is 0 Å². The molecule has 0 spiro atoms. The number of hydrogen-bond donors (Lipinski definition) is 0. The molecule has 0 bridgehead atoms. The molecule has 22 heavy (non-hydrogen) atoms. The molecular weight excluding hydrogens is 277 g/mol. The van der Waals surface area contributed by atoms with Crippen molar-refractivity contribution >= 4 is 11.6 Å². The lowest BCUT2D eigenvalue weighted by atomic mass is 9.71. The standard InChI is InChI=1S/C19H26FNO/c1-18(2,3)13-9-11-14(12-10-13)21-16-8-6-5-7-15(16)19(4,20)17(21)22/h5-8,13-14H,9-12H2,1-4H3. The van der Waals surface area contributed by atoms with Crippen LogP contribution >= 0.6 is 0 Å². The second kappa shape index (κ2) is 5.07. The van der Waals surface area contributed by atoms with E-state index in [9.17, 15) is 9.18 Å². The zero-order chi connectivity index (χ0) is 16.1. The number of rotatable bonds is 1. The van der Waals surface area contributed by atoms with Crippen LogP contribution in [0.15, 0.2) is 24.3 Å². The van der Waals surface area contributed by atoms with Crippen LogP contribution in [0.4, 0.5) is 10.1 Å². The Morgan fingerprint density at radius 3 is 2.32 bits per heavy atom. The minimum atomic E-state index is -1.88. The Kier molecular flexibility index (Phi) is 3.58. The zero-order valence-corrected chi connectivity index (χ0v) is 14.0. The number of benzene rings is 1. The van der Waals surface area contributed by atoms with Gasteiger partial charge in [0.2, 0.25) is 5.67 Å². The van der Waals surface area contributed by atoms with Crippen LogP contribution in [0.3, 0.4) is 0 Å². The molecule has 1 aliphatic heterocycles. The van der Waals surface area contributed by atoms with E-state index < -0.39 is 5.67 Å². The van der Waals surface area contributed by atoms with Crippen molar-refractivity contribution in [2.75, 3.05) is 4.90 Å². The van der Waals surface area contributed by atoms with Crippen LogP contribution in [-0.2, 0) is 10.5 Å². The first-order valence-electron chi connectivity index (χ1n) is 8.35. The third kappa shape index (κ3) is 2.35. The van der Waals surface area contributed by atoms with E-state index in [0.717, 1.165) is 31.4 Å². The van der Waals surface area contributed by atoms with Gasteiger partial charge >= 0.3 is 0 Å². The highest BCUT2D eigenvalue weighted by molar-refractivity contribution is 6.07. The number of carbonyl (C=O) groups excluding carboxylic acids is 1. The lowest BCUT2D eigenvalue weighted by Crippen LogP contribution is -2.45. The van der Waals surface area contributed by atoms with E-state index in [1.807, 2.05) is 18.2 Å². The summed E-state index contributed by atoms with van der Waals surface area (Å²) in [6, 6.07) is 7.47. The fraction of sp³-hybridized carbons (Fsp3) is 0.632. The summed E-state index contributed by atoms with van der Waals surface area (Å²) in [6.07, 6.45) is 4.17. The fourth-order valence-electron chi connectivity index (χ4n) is 4.09. The maximum atomic E-state index is 14.9. The zero-order valence-electron chi connectivity index (χ0n) is 14.0. The molecule has 0 N–H and O–H groups in total. The first-order valence-corrected chi connectivity index (χ1v) is 8.35. The first-order chi connectivity index (χ1) is 10.2. The van der Waals surface area contributed by atoms with Crippen molar-refractivity contribution in [2.45, 2.75) is 65.1 Å². The van der Waals surface area contributed by atoms with E-state index in [1.54, 1.807) is 11.0 Å². The Morgan fingerprint density at radius 1 is 1.14 bits per heavy atom. The van der Waals surface area contributed by atoms with Crippen LogP contribution in [0.1, 0.15) is 58.9 Å². The normalized spacial score (nSPS) is 32.2. The van der Waals surface area contributed by atoms with Gasteiger partial charge in [0, 0.05) is 11.6 Å². The number of anilines is 1. The van der Waals surface area contributed by atoms with Gasteiger partial charge in [-0.1, -0.05) is 39.0 Å². The second-order valence-corrected chi connectivity index (χ2v) is 8.07. The number of amides is 1. The predicted octanol–water partition coefficient (Wildman–Crippen LogP) is 4.82. The molecular formula is C19H26FNO. The van der Waals surface area contributed by atoms with Crippen molar-refractivity contribution in [3.8, 4) is 0 Å². The Labute approximate surface area is 132 Å². The van der Waals surface area contributed by atoms with E-state index in [0.29, 0.717) is 16.9 Å². The molecule has 2 nitrogen and oxygen atoms in total. The molecule has 1 amide bonds. The molecule has 3 heteroatoms. The van der Waals surface area contributed by atoms with Crippen LogP contribution in [0.2, 0.25) is 0 Å². The molecule has 3 rings (SSSR count). The third-order valence-corrected chi connectivity index (χ3v) is 5.58. The van der Waals surface area contributed by atoms with E-state index in [4.69, 9.17) is 0 Å². The monoisotopic (exact) mass is 303 g/mol. The van der Waals surface area contributed by atoms with Crippen LogP contribution in [0.25, 0.3) is 0 Å². The summed E-state index contributed by atoms with van der Waals surface area (Å²) in [4.78, 5) is 14.4. The number of hydrogen-bond acceptors (Lipinski definition) is 1. The Balaban J connectivity index is 1.84. The fourth-order valence-corrected chi connectivity index (χ4v) is 4.09. The van der Waals surface area contributed by atoms with Gasteiger partial charge in [-0.2, -0.15) is 0 Å². The number of para-hydroxylation sites is 1. The molecule has 1 atom stereocenters. The number of nitrogens with zero attached hydrogens (tertiary/aromatic N) is 1. The van der Waals surface area contributed by atoms with Crippen molar-refractivity contribution in [2.24, 2.45) is 11.3 Å². The highest BCUT2D eigenvalue weighted by Gasteiger charge is 2.50.